The van der Waals surface area contributed by atoms with Gasteiger partial charge in [-0.25, -0.2) is 4.39 Å². The highest BCUT2D eigenvalue weighted by Gasteiger charge is 2.17. The van der Waals surface area contributed by atoms with Crippen LogP contribution in [0.1, 0.15) is 42.5 Å². The molecule has 0 radical (unpaired) electrons. The van der Waals surface area contributed by atoms with Gasteiger partial charge in [0.2, 0.25) is 11.9 Å². The van der Waals surface area contributed by atoms with Gasteiger partial charge >= 0.3 is 0 Å². The standard InChI is InChI=1S/C33H36F2N4O2/c1-6-27(28-13-10-25(34)19-22(28)3)31(24-9-14-30-29(20-24)32(35)38-37-30)23-7-11-26(12-8-23)41-18-17-36-16-15-21(2)33(40)39(4)5/h7-15,19-20,36H,6,16-18H2,1-5H3,(H,37,38)/b21-15+,31-27+. The number of nitrogens with one attached hydrogen (secondary N) is 2. The van der Waals surface area contributed by atoms with Gasteiger partial charge in [0.25, 0.3) is 0 Å². The Kier molecular flexibility index (Phi) is 9.68. The number of fused-ring (bicyclic) bond motifs is 1. The molecule has 0 aliphatic heterocycles. The average molecular weight is 559 g/mol. The van der Waals surface area contributed by atoms with Crippen LogP contribution in [0.5, 0.6) is 5.75 Å². The summed E-state index contributed by atoms with van der Waals surface area (Å²) in [6, 6.07) is 18.2. The van der Waals surface area contributed by atoms with Crippen molar-refractivity contribution in [1.29, 1.82) is 0 Å². The fourth-order valence-electron chi connectivity index (χ4n) is 4.85. The predicted molar refractivity (Wildman–Crippen MR) is 161 cm³/mol. The Morgan fingerprint density at radius 3 is 2.46 bits per heavy atom. The minimum absolute atomic E-state index is 0.00722. The van der Waals surface area contributed by atoms with Gasteiger partial charge in [-0.1, -0.05) is 37.3 Å². The summed E-state index contributed by atoms with van der Waals surface area (Å²) in [7, 11) is 3.46. The third-order valence-corrected chi connectivity index (χ3v) is 6.96. The molecule has 4 rings (SSSR count). The van der Waals surface area contributed by atoms with E-state index in [-0.39, 0.29) is 11.7 Å². The highest BCUT2D eigenvalue weighted by Crippen LogP contribution is 2.37. The van der Waals surface area contributed by atoms with Crippen molar-refractivity contribution >= 4 is 28.0 Å². The van der Waals surface area contributed by atoms with Gasteiger partial charge in [0.1, 0.15) is 18.2 Å². The number of likely N-dealkylation sites (N-methyl/N-ethyl adjacent to an activating group) is 1. The molecule has 1 heterocycles. The molecule has 214 valence electrons. The lowest BCUT2D eigenvalue weighted by atomic mass is 9.86. The topological polar surface area (TPSA) is 70.2 Å². The first kappa shape index (κ1) is 29.7. The van der Waals surface area contributed by atoms with Gasteiger partial charge in [-0.05, 0) is 90.1 Å². The van der Waals surface area contributed by atoms with Crippen molar-refractivity contribution in [1.82, 2.24) is 20.4 Å². The monoisotopic (exact) mass is 558 g/mol. The average Bonchev–Trinajstić information content (AvgIpc) is 3.33. The van der Waals surface area contributed by atoms with Crippen molar-refractivity contribution in [3.05, 3.63) is 106 Å². The summed E-state index contributed by atoms with van der Waals surface area (Å²) >= 11 is 0. The Balaban J connectivity index is 1.57. The van der Waals surface area contributed by atoms with Crippen LogP contribution in [-0.4, -0.2) is 54.8 Å². The molecule has 2 N–H and O–H groups in total. The molecule has 0 aliphatic rings. The van der Waals surface area contributed by atoms with Crippen LogP contribution in [0.2, 0.25) is 0 Å². The summed E-state index contributed by atoms with van der Waals surface area (Å²) < 4.78 is 34.3. The number of carbonyl (C=O) groups is 1. The molecule has 0 unspecified atom stereocenters. The number of halogens is 2. The lowest BCUT2D eigenvalue weighted by molar-refractivity contribution is -0.124. The van der Waals surface area contributed by atoms with Crippen molar-refractivity contribution in [2.24, 2.45) is 0 Å². The first-order valence-electron chi connectivity index (χ1n) is 13.7. The second-order valence-corrected chi connectivity index (χ2v) is 10.1. The number of benzene rings is 3. The molecule has 0 bridgehead atoms. The summed E-state index contributed by atoms with van der Waals surface area (Å²) in [6.07, 6.45) is 2.55. The zero-order chi connectivity index (χ0) is 29.5. The summed E-state index contributed by atoms with van der Waals surface area (Å²) in [5.74, 6) is -0.122. The number of hydrogen-bond donors (Lipinski definition) is 2. The highest BCUT2D eigenvalue weighted by molar-refractivity contribution is 6.01. The molecule has 3 aromatic carbocycles. The SMILES string of the molecule is CC/C(=C(/c1ccc(OCCNC/C=C(\C)C(=O)N(C)C)cc1)c1ccc2[nH]nc(F)c2c1)c1ccc(F)cc1C. The minimum Gasteiger partial charge on any atom is -0.492 e. The quantitative estimate of drug-likeness (QED) is 0.125. The summed E-state index contributed by atoms with van der Waals surface area (Å²) in [5.41, 5.74) is 6.83. The van der Waals surface area contributed by atoms with Crippen molar-refractivity contribution in [3.8, 4) is 5.75 Å². The van der Waals surface area contributed by atoms with Crippen LogP contribution in [0.3, 0.4) is 0 Å². The molecule has 4 aromatic rings. The van der Waals surface area contributed by atoms with Crippen LogP contribution in [0.15, 0.2) is 72.3 Å². The van der Waals surface area contributed by atoms with E-state index in [1.54, 1.807) is 38.1 Å². The third kappa shape index (κ3) is 7.08. The Labute approximate surface area is 239 Å². The summed E-state index contributed by atoms with van der Waals surface area (Å²) in [5, 5.41) is 10.1. The Hall–Kier alpha value is -4.30. The second kappa shape index (κ2) is 13.4. The maximum atomic E-state index is 14.4. The number of ether oxygens (including phenoxy) is 1. The molecular formula is C33H36F2N4O2. The molecule has 0 spiro atoms. The van der Waals surface area contributed by atoms with Gasteiger partial charge in [0, 0.05) is 32.8 Å². The van der Waals surface area contributed by atoms with Crippen LogP contribution in [0, 0.1) is 18.7 Å². The molecule has 6 nitrogen and oxygen atoms in total. The van der Waals surface area contributed by atoms with Gasteiger partial charge in [-0.2, -0.15) is 4.39 Å². The zero-order valence-corrected chi connectivity index (χ0v) is 24.1. The smallest absolute Gasteiger partial charge is 0.248 e. The molecule has 0 aliphatic carbocycles. The first-order valence-corrected chi connectivity index (χ1v) is 13.7. The van der Waals surface area contributed by atoms with Gasteiger partial charge in [0.15, 0.2) is 0 Å². The van der Waals surface area contributed by atoms with Gasteiger partial charge in [0.05, 0.1) is 10.9 Å². The number of aromatic amines is 1. The van der Waals surface area contributed by atoms with Crippen molar-refractivity contribution in [2.75, 3.05) is 33.8 Å². The fourth-order valence-corrected chi connectivity index (χ4v) is 4.85. The lowest BCUT2D eigenvalue weighted by Gasteiger charge is -2.18. The second-order valence-electron chi connectivity index (χ2n) is 10.1. The molecule has 8 heteroatoms. The van der Waals surface area contributed by atoms with E-state index in [9.17, 15) is 13.6 Å². The molecule has 0 saturated carbocycles. The summed E-state index contributed by atoms with van der Waals surface area (Å²) in [4.78, 5) is 13.5. The first-order chi connectivity index (χ1) is 19.7. The van der Waals surface area contributed by atoms with Crippen LogP contribution in [0.4, 0.5) is 8.78 Å². The van der Waals surface area contributed by atoms with E-state index < -0.39 is 5.95 Å². The third-order valence-electron chi connectivity index (χ3n) is 6.96. The zero-order valence-electron chi connectivity index (χ0n) is 24.1. The van der Waals surface area contributed by atoms with Crippen LogP contribution in [-0.2, 0) is 4.79 Å². The lowest BCUT2D eigenvalue weighted by Crippen LogP contribution is -2.24. The Bertz CT molecular complexity index is 1590. The Morgan fingerprint density at radius 1 is 1.05 bits per heavy atom. The van der Waals surface area contributed by atoms with E-state index in [1.807, 2.05) is 49.4 Å². The maximum absolute atomic E-state index is 14.4. The van der Waals surface area contributed by atoms with Crippen LogP contribution >= 0.6 is 0 Å². The van der Waals surface area contributed by atoms with E-state index in [0.717, 1.165) is 39.1 Å². The molecular weight excluding hydrogens is 522 g/mol. The van der Waals surface area contributed by atoms with Crippen molar-refractivity contribution in [3.63, 3.8) is 0 Å². The molecule has 1 aromatic heterocycles. The normalized spacial score (nSPS) is 12.4. The number of H-pyrrole nitrogens is 1. The number of carbonyl (C=O) groups excluding carboxylic acids is 1. The number of aryl methyl sites for hydroxylation is 1. The number of nitrogens with zero attached hydrogens (tertiary/aromatic N) is 2. The van der Waals surface area contributed by atoms with Gasteiger partial charge in [-0.15, -0.1) is 5.10 Å². The van der Waals surface area contributed by atoms with Gasteiger partial charge < -0.3 is 15.0 Å². The summed E-state index contributed by atoms with van der Waals surface area (Å²) in [6.45, 7) is 7.41. The fraction of sp³-hybridized carbons (Fsp3) is 0.273. The van der Waals surface area contributed by atoms with Crippen molar-refractivity contribution in [2.45, 2.75) is 27.2 Å². The van der Waals surface area contributed by atoms with E-state index in [0.29, 0.717) is 42.6 Å². The molecule has 0 fully saturated rings. The number of aromatic nitrogens is 2. The van der Waals surface area contributed by atoms with E-state index in [2.05, 4.69) is 22.4 Å². The molecule has 0 atom stereocenters. The van der Waals surface area contributed by atoms with Crippen LogP contribution < -0.4 is 10.1 Å². The van der Waals surface area contributed by atoms with E-state index in [4.69, 9.17) is 4.74 Å². The Morgan fingerprint density at radius 2 is 1.78 bits per heavy atom. The number of amides is 1. The minimum atomic E-state index is -0.551. The predicted octanol–water partition coefficient (Wildman–Crippen LogP) is 6.52. The molecule has 41 heavy (non-hydrogen) atoms. The van der Waals surface area contributed by atoms with E-state index in [1.165, 1.54) is 12.1 Å². The van der Waals surface area contributed by atoms with Crippen LogP contribution in [0.25, 0.3) is 22.0 Å². The number of hydrogen-bond acceptors (Lipinski definition) is 4. The maximum Gasteiger partial charge on any atom is 0.248 e. The molecule has 1 amide bonds. The van der Waals surface area contributed by atoms with E-state index >= 15 is 0 Å². The number of allylic oxidation sites excluding steroid dienone is 1. The highest BCUT2D eigenvalue weighted by atomic mass is 19.1. The molecule has 0 saturated heterocycles. The van der Waals surface area contributed by atoms with Crippen molar-refractivity contribution < 1.29 is 18.3 Å². The largest absolute Gasteiger partial charge is 0.492 e. The van der Waals surface area contributed by atoms with Gasteiger partial charge in [-0.3, -0.25) is 9.89 Å². The number of rotatable bonds is 11.